The first-order valence-electron chi connectivity index (χ1n) is 8.30. The van der Waals surface area contributed by atoms with Crippen molar-refractivity contribution >= 4 is 0 Å². The van der Waals surface area contributed by atoms with Crippen molar-refractivity contribution < 1.29 is 0 Å². The highest BCUT2D eigenvalue weighted by molar-refractivity contribution is 5.20. The zero-order chi connectivity index (χ0) is 14.2. The standard InChI is InChI=1S/C18H30N2/c1-3-12-19-16(2)8-7-13-20-14-11-18(15-20)17-9-5-4-6-10-17/h4-6,9-10,16,18-19H,3,7-8,11-15H2,1-2H3. The lowest BCUT2D eigenvalue weighted by Crippen LogP contribution is -2.28. The fourth-order valence-corrected chi connectivity index (χ4v) is 3.15. The molecular weight excluding hydrogens is 244 g/mol. The van der Waals surface area contributed by atoms with Gasteiger partial charge < -0.3 is 10.2 Å². The molecule has 2 unspecified atom stereocenters. The highest BCUT2D eigenvalue weighted by atomic mass is 15.1. The maximum atomic E-state index is 3.57. The second-order valence-corrected chi connectivity index (χ2v) is 6.19. The van der Waals surface area contributed by atoms with Gasteiger partial charge in [-0.05, 0) is 63.7 Å². The molecule has 1 aromatic rings. The van der Waals surface area contributed by atoms with Crippen LogP contribution in [0.2, 0.25) is 0 Å². The van der Waals surface area contributed by atoms with Crippen molar-refractivity contribution in [2.75, 3.05) is 26.2 Å². The fraction of sp³-hybridized carbons (Fsp3) is 0.667. The minimum absolute atomic E-state index is 0.669. The maximum Gasteiger partial charge on any atom is 0.00507 e. The highest BCUT2D eigenvalue weighted by Crippen LogP contribution is 2.26. The van der Waals surface area contributed by atoms with Gasteiger partial charge in [0.1, 0.15) is 0 Å². The quantitative estimate of drug-likeness (QED) is 0.778. The van der Waals surface area contributed by atoms with Crippen LogP contribution in [0.5, 0.6) is 0 Å². The van der Waals surface area contributed by atoms with Crippen molar-refractivity contribution in [2.24, 2.45) is 0 Å². The number of nitrogens with one attached hydrogen (secondary N) is 1. The Bertz CT molecular complexity index is 363. The van der Waals surface area contributed by atoms with Crippen LogP contribution in [0.4, 0.5) is 0 Å². The van der Waals surface area contributed by atoms with Crippen molar-refractivity contribution in [2.45, 2.75) is 51.5 Å². The minimum Gasteiger partial charge on any atom is -0.314 e. The van der Waals surface area contributed by atoms with Crippen LogP contribution in [0.1, 0.15) is 51.0 Å². The molecule has 0 amide bonds. The van der Waals surface area contributed by atoms with Gasteiger partial charge in [-0.15, -0.1) is 0 Å². The summed E-state index contributed by atoms with van der Waals surface area (Å²) >= 11 is 0. The molecule has 112 valence electrons. The van der Waals surface area contributed by atoms with Crippen LogP contribution < -0.4 is 5.32 Å². The number of nitrogens with zero attached hydrogens (tertiary/aromatic N) is 1. The van der Waals surface area contributed by atoms with Gasteiger partial charge in [-0.25, -0.2) is 0 Å². The molecule has 1 N–H and O–H groups in total. The Kier molecular flexibility index (Phi) is 6.55. The molecule has 0 spiro atoms. The Morgan fingerprint density at radius 3 is 2.85 bits per heavy atom. The van der Waals surface area contributed by atoms with Gasteiger partial charge in [0.2, 0.25) is 0 Å². The number of rotatable bonds is 8. The van der Waals surface area contributed by atoms with Crippen LogP contribution in [-0.4, -0.2) is 37.1 Å². The maximum absolute atomic E-state index is 3.57. The summed E-state index contributed by atoms with van der Waals surface area (Å²) in [7, 11) is 0. The molecule has 0 saturated carbocycles. The van der Waals surface area contributed by atoms with Crippen LogP contribution >= 0.6 is 0 Å². The van der Waals surface area contributed by atoms with E-state index in [1.807, 2.05) is 0 Å². The van der Waals surface area contributed by atoms with Crippen LogP contribution in [0.15, 0.2) is 30.3 Å². The molecule has 2 rings (SSSR count). The molecule has 2 heteroatoms. The van der Waals surface area contributed by atoms with E-state index in [-0.39, 0.29) is 0 Å². The Morgan fingerprint density at radius 1 is 1.30 bits per heavy atom. The Hall–Kier alpha value is -0.860. The summed E-state index contributed by atoms with van der Waals surface area (Å²) in [4.78, 5) is 2.64. The highest BCUT2D eigenvalue weighted by Gasteiger charge is 2.23. The first kappa shape index (κ1) is 15.5. The van der Waals surface area contributed by atoms with Gasteiger partial charge in [-0.3, -0.25) is 0 Å². The lowest BCUT2D eigenvalue weighted by Gasteiger charge is -2.18. The van der Waals surface area contributed by atoms with Crippen molar-refractivity contribution in [3.63, 3.8) is 0 Å². The Balaban J connectivity index is 1.64. The third-order valence-electron chi connectivity index (χ3n) is 4.40. The van der Waals surface area contributed by atoms with Crippen LogP contribution in [0.3, 0.4) is 0 Å². The van der Waals surface area contributed by atoms with E-state index in [0.717, 1.165) is 12.5 Å². The molecule has 0 aliphatic carbocycles. The molecule has 1 aliphatic heterocycles. The Morgan fingerprint density at radius 2 is 2.10 bits per heavy atom. The molecule has 2 atom stereocenters. The Labute approximate surface area is 124 Å². The topological polar surface area (TPSA) is 15.3 Å². The third-order valence-corrected chi connectivity index (χ3v) is 4.40. The van der Waals surface area contributed by atoms with Gasteiger partial charge in [0, 0.05) is 12.6 Å². The number of hydrogen-bond donors (Lipinski definition) is 1. The first-order chi connectivity index (χ1) is 9.79. The van der Waals surface area contributed by atoms with Gasteiger partial charge in [-0.1, -0.05) is 37.3 Å². The van der Waals surface area contributed by atoms with E-state index in [4.69, 9.17) is 0 Å². The van der Waals surface area contributed by atoms with E-state index in [2.05, 4.69) is 54.4 Å². The minimum atomic E-state index is 0.669. The van der Waals surface area contributed by atoms with Gasteiger partial charge in [0.15, 0.2) is 0 Å². The average molecular weight is 274 g/mol. The van der Waals surface area contributed by atoms with Gasteiger partial charge in [0.05, 0.1) is 0 Å². The fourth-order valence-electron chi connectivity index (χ4n) is 3.15. The van der Waals surface area contributed by atoms with Crippen molar-refractivity contribution in [1.82, 2.24) is 10.2 Å². The van der Waals surface area contributed by atoms with E-state index >= 15 is 0 Å². The zero-order valence-corrected chi connectivity index (χ0v) is 13.1. The van der Waals surface area contributed by atoms with Crippen LogP contribution in [0.25, 0.3) is 0 Å². The van der Waals surface area contributed by atoms with E-state index < -0.39 is 0 Å². The van der Waals surface area contributed by atoms with E-state index in [1.165, 1.54) is 50.9 Å². The zero-order valence-electron chi connectivity index (χ0n) is 13.1. The lowest BCUT2D eigenvalue weighted by atomic mass is 9.99. The first-order valence-corrected chi connectivity index (χ1v) is 8.30. The molecule has 20 heavy (non-hydrogen) atoms. The number of hydrogen-bond acceptors (Lipinski definition) is 2. The SMILES string of the molecule is CCCNC(C)CCCN1CCC(c2ccccc2)C1. The normalized spacial score (nSPS) is 21.2. The molecule has 0 bridgehead atoms. The summed E-state index contributed by atoms with van der Waals surface area (Å²) in [5.74, 6) is 0.756. The predicted molar refractivity (Wildman–Crippen MR) is 87.2 cm³/mol. The molecule has 1 aliphatic rings. The molecule has 2 nitrogen and oxygen atoms in total. The predicted octanol–water partition coefficient (Wildman–Crippen LogP) is 3.64. The average Bonchev–Trinajstić information content (AvgIpc) is 2.95. The van der Waals surface area contributed by atoms with E-state index in [1.54, 1.807) is 0 Å². The van der Waals surface area contributed by atoms with Crippen LogP contribution in [0, 0.1) is 0 Å². The molecule has 1 saturated heterocycles. The summed E-state index contributed by atoms with van der Waals surface area (Å²) < 4.78 is 0. The summed E-state index contributed by atoms with van der Waals surface area (Å²) in [6, 6.07) is 11.7. The van der Waals surface area contributed by atoms with Gasteiger partial charge in [0.25, 0.3) is 0 Å². The molecule has 0 radical (unpaired) electrons. The van der Waals surface area contributed by atoms with Crippen molar-refractivity contribution in [1.29, 1.82) is 0 Å². The second-order valence-electron chi connectivity index (χ2n) is 6.19. The van der Waals surface area contributed by atoms with E-state index in [9.17, 15) is 0 Å². The summed E-state index contributed by atoms with van der Waals surface area (Å²) in [5, 5.41) is 3.57. The molecule has 0 aromatic heterocycles. The van der Waals surface area contributed by atoms with Crippen LogP contribution in [-0.2, 0) is 0 Å². The van der Waals surface area contributed by atoms with Crippen molar-refractivity contribution in [3.05, 3.63) is 35.9 Å². The monoisotopic (exact) mass is 274 g/mol. The summed E-state index contributed by atoms with van der Waals surface area (Å²) in [6.07, 6.45) is 5.18. The van der Waals surface area contributed by atoms with Gasteiger partial charge in [-0.2, -0.15) is 0 Å². The van der Waals surface area contributed by atoms with Crippen molar-refractivity contribution in [3.8, 4) is 0 Å². The smallest absolute Gasteiger partial charge is 0.00507 e. The largest absolute Gasteiger partial charge is 0.314 e. The molecule has 1 fully saturated rings. The van der Waals surface area contributed by atoms with Gasteiger partial charge >= 0.3 is 0 Å². The van der Waals surface area contributed by atoms with E-state index in [0.29, 0.717) is 6.04 Å². The summed E-state index contributed by atoms with van der Waals surface area (Å²) in [6.45, 7) is 9.49. The molecule has 1 aromatic carbocycles. The number of likely N-dealkylation sites (tertiary alicyclic amines) is 1. The second kappa shape index (κ2) is 8.43. The molecular formula is C18H30N2. The molecule has 1 heterocycles. The summed E-state index contributed by atoms with van der Waals surface area (Å²) in [5.41, 5.74) is 1.52. The lowest BCUT2D eigenvalue weighted by molar-refractivity contribution is 0.317. The number of benzene rings is 1. The third kappa shape index (κ3) is 4.92.